The van der Waals surface area contributed by atoms with Gasteiger partial charge in [0.2, 0.25) is 0 Å². The Balaban J connectivity index is 1.57. The second-order valence-corrected chi connectivity index (χ2v) is 11.0. The molecule has 1 aliphatic heterocycles. The van der Waals surface area contributed by atoms with Gasteiger partial charge in [-0.25, -0.2) is 0 Å². The highest BCUT2D eigenvalue weighted by Crippen LogP contribution is 2.46. The summed E-state index contributed by atoms with van der Waals surface area (Å²) >= 11 is 6.99. The Labute approximate surface area is 225 Å². The van der Waals surface area contributed by atoms with Crippen molar-refractivity contribution in [1.82, 2.24) is 0 Å². The normalized spacial score (nSPS) is 16.8. The van der Waals surface area contributed by atoms with Gasteiger partial charge in [0.1, 0.15) is 0 Å². The van der Waals surface area contributed by atoms with E-state index in [-0.39, 0.29) is 5.41 Å². The lowest BCUT2D eigenvalue weighted by molar-refractivity contribution is 0.512. The van der Waals surface area contributed by atoms with Crippen LogP contribution in [0.1, 0.15) is 37.0 Å². The van der Waals surface area contributed by atoms with Crippen LogP contribution in [-0.2, 0) is 5.41 Å². The van der Waals surface area contributed by atoms with Gasteiger partial charge in [0.05, 0.1) is 5.56 Å². The molecule has 0 aromatic heterocycles. The molecule has 3 aromatic carbocycles. The fourth-order valence-corrected chi connectivity index (χ4v) is 5.03. The Bertz CT molecular complexity index is 1310. The van der Waals surface area contributed by atoms with E-state index in [0.29, 0.717) is 5.76 Å². The average Bonchev–Trinajstić information content (AvgIpc) is 3.04. The molecule has 4 heteroatoms. The summed E-state index contributed by atoms with van der Waals surface area (Å²) in [5.41, 5.74) is 6.92. The molecule has 0 amide bonds. The standard InChI is InChI=1S/C31H29Br2NO/c1-31(2)27-10-7-8-11-28(27)34(3)30(31)12-6-4-5-9-24(22-13-17-25(32)18-14-22)21-29(35)23-15-19-26(33)20-16-23/h4,6-21,35H,5H2,1-3H3/p+1/b6-4+,24-9+,29-21-,30-12+. The van der Waals surface area contributed by atoms with Gasteiger partial charge in [0, 0.05) is 38.9 Å². The molecule has 4 rings (SSSR count). The van der Waals surface area contributed by atoms with E-state index in [1.807, 2.05) is 42.5 Å². The number of fused-ring (bicyclic) bond motifs is 1. The van der Waals surface area contributed by atoms with Crippen molar-refractivity contribution in [3.63, 3.8) is 0 Å². The molecule has 0 saturated heterocycles. The molecule has 35 heavy (non-hydrogen) atoms. The van der Waals surface area contributed by atoms with Crippen molar-refractivity contribution in [2.75, 3.05) is 11.9 Å². The molecule has 0 atom stereocenters. The zero-order chi connectivity index (χ0) is 25.0. The van der Waals surface area contributed by atoms with Crippen LogP contribution in [0.3, 0.4) is 0 Å². The molecule has 0 fully saturated rings. The number of allylic oxidation sites excluding steroid dienone is 7. The van der Waals surface area contributed by atoms with Gasteiger partial charge < -0.3 is 10.0 Å². The molecule has 0 radical (unpaired) electrons. The molecule has 3 aromatic rings. The third-order valence-corrected chi connectivity index (χ3v) is 7.49. The molecule has 2 N–H and O–H groups in total. The fraction of sp³-hybridized carbons (Fsp3) is 0.161. The van der Waals surface area contributed by atoms with Crippen LogP contribution >= 0.6 is 31.9 Å². The van der Waals surface area contributed by atoms with Crippen LogP contribution in [0.15, 0.2) is 118 Å². The molecule has 2 nitrogen and oxygen atoms in total. The molecular weight excluding hydrogens is 562 g/mol. The first-order valence-corrected chi connectivity index (χ1v) is 13.2. The highest BCUT2D eigenvalue weighted by Gasteiger charge is 2.37. The van der Waals surface area contributed by atoms with E-state index in [2.05, 4.69) is 118 Å². The number of rotatable bonds is 6. The molecule has 0 aliphatic carbocycles. The Hall–Kier alpha value is -2.82. The van der Waals surface area contributed by atoms with Gasteiger partial charge in [0.15, 0.2) is 0 Å². The van der Waals surface area contributed by atoms with Crippen molar-refractivity contribution in [3.05, 3.63) is 135 Å². The van der Waals surface area contributed by atoms with E-state index < -0.39 is 0 Å². The SMILES string of the molecule is CN1/C(=C/C=C/C/C=C(\C=C(/[OH2+])c2ccc(Br)cc2)c2ccc(Br)cc2)C(C)(C)c2ccccc21. The fourth-order valence-electron chi connectivity index (χ4n) is 4.51. The first-order chi connectivity index (χ1) is 16.8. The van der Waals surface area contributed by atoms with Crippen molar-refractivity contribution >= 4 is 48.9 Å². The zero-order valence-electron chi connectivity index (χ0n) is 20.2. The second-order valence-electron chi connectivity index (χ2n) is 9.15. The summed E-state index contributed by atoms with van der Waals surface area (Å²) in [6.07, 6.45) is 11.5. The molecule has 178 valence electrons. The number of halogens is 2. The van der Waals surface area contributed by atoms with Crippen LogP contribution in [-0.4, -0.2) is 12.2 Å². The van der Waals surface area contributed by atoms with E-state index in [4.69, 9.17) is 5.11 Å². The van der Waals surface area contributed by atoms with Gasteiger partial charge in [-0.1, -0.05) is 94.3 Å². The minimum absolute atomic E-state index is 0.0261. The second kappa shape index (κ2) is 10.8. The minimum Gasteiger partial charge on any atom is -0.593 e. The van der Waals surface area contributed by atoms with Crippen molar-refractivity contribution in [1.29, 1.82) is 0 Å². The minimum atomic E-state index is -0.0261. The van der Waals surface area contributed by atoms with E-state index in [0.717, 1.165) is 32.1 Å². The quantitative estimate of drug-likeness (QED) is 0.160. The summed E-state index contributed by atoms with van der Waals surface area (Å²) in [6.45, 7) is 4.56. The third kappa shape index (κ3) is 5.71. The van der Waals surface area contributed by atoms with E-state index in [1.165, 1.54) is 16.9 Å². The number of hydrogen-bond acceptors (Lipinski definition) is 1. The Morgan fingerprint density at radius 2 is 1.49 bits per heavy atom. The summed E-state index contributed by atoms with van der Waals surface area (Å²) in [7, 11) is 2.14. The Morgan fingerprint density at radius 1 is 0.886 bits per heavy atom. The van der Waals surface area contributed by atoms with Crippen LogP contribution in [0.5, 0.6) is 0 Å². The largest absolute Gasteiger partial charge is 0.593 e. The van der Waals surface area contributed by atoms with Gasteiger partial charge >= 0.3 is 0 Å². The Morgan fingerprint density at radius 3 is 2.11 bits per heavy atom. The summed E-state index contributed by atoms with van der Waals surface area (Å²) in [5, 5.41) is 8.63. The van der Waals surface area contributed by atoms with Gasteiger partial charge in [-0.3, -0.25) is 0 Å². The predicted octanol–water partition coefficient (Wildman–Crippen LogP) is 8.62. The van der Waals surface area contributed by atoms with Crippen molar-refractivity contribution in [2.45, 2.75) is 25.7 Å². The van der Waals surface area contributed by atoms with Gasteiger partial charge in [-0.15, -0.1) is 0 Å². The van der Waals surface area contributed by atoms with Crippen LogP contribution in [0.2, 0.25) is 0 Å². The average molecular weight is 592 g/mol. The number of anilines is 1. The molecule has 0 unspecified atom stereocenters. The lowest BCUT2D eigenvalue weighted by atomic mass is 9.84. The summed E-state index contributed by atoms with van der Waals surface area (Å²) in [6, 6.07) is 24.7. The number of likely N-dealkylation sites (N-methyl/N-ethyl adjacent to an activating group) is 1. The number of benzene rings is 3. The number of nitrogens with zero attached hydrogens (tertiary/aromatic N) is 1. The monoisotopic (exact) mass is 590 g/mol. The maximum Gasteiger partial charge on any atom is 0.261 e. The summed E-state index contributed by atoms with van der Waals surface area (Å²) in [4.78, 5) is 2.29. The van der Waals surface area contributed by atoms with Crippen LogP contribution < -0.4 is 4.90 Å². The third-order valence-electron chi connectivity index (χ3n) is 6.44. The molecule has 0 saturated carbocycles. The van der Waals surface area contributed by atoms with Crippen LogP contribution in [0.25, 0.3) is 11.3 Å². The zero-order valence-corrected chi connectivity index (χ0v) is 23.4. The molecule has 0 spiro atoms. The lowest BCUT2D eigenvalue weighted by Crippen LogP contribution is -2.22. The van der Waals surface area contributed by atoms with Gasteiger partial charge in [-0.2, -0.15) is 0 Å². The molecule has 1 aliphatic rings. The maximum atomic E-state index is 8.63. The molecule has 1 heterocycles. The summed E-state index contributed by atoms with van der Waals surface area (Å²) < 4.78 is 2.05. The maximum absolute atomic E-state index is 8.63. The van der Waals surface area contributed by atoms with Gasteiger partial charge in [0.25, 0.3) is 5.76 Å². The first kappa shape index (κ1) is 25.3. The van der Waals surface area contributed by atoms with Gasteiger partial charge in [-0.05, 0) is 71.7 Å². The van der Waals surface area contributed by atoms with E-state index in [9.17, 15) is 0 Å². The molecular formula is C31H30Br2NO+. The molecule has 0 bridgehead atoms. The first-order valence-electron chi connectivity index (χ1n) is 11.6. The van der Waals surface area contributed by atoms with E-state index >= 15 is 0 Å². The van der Waals surface area contributed by atoms with Crippen molar-refractivity contribution in [3.8, 4) is 0 Å². The van der Waals surface area contributed by atoms with Crippen molar-refractivity contribution in [2.24, 2.45) is 0 Å². The Kier molecular flexibility index (Phi) is 7.83. The smallest absolute Gasteiger partial charge is 0.261 e. The van der Waals surface area contributed by atoms with Crippen LogP contribution in [0.4, 0.5) is 5.69 Å². The number of hydrogen-bond donors (Lipinski definition) is 0. The van der Waals surface area contributed by atoms with Crippen LogP contribution in [0, 0.1) is 0 Å². The highest BCUT2D eigenvalue weighted by molar-refractivity contribution is 9.10. The van der Waals surface area contributed by atoms with E-state index in [1.54, 1.807) is 0 Å². The van der Waals surface area contributed by atoms with Crippen molar-refractivity contribution < 1.29 is 5.11 Å². The topological polar surface area (TPSA) is 26.1 Å². The lowest BCUT2D eigenvalue weighted by Gasteiger charge is -2.23. The number of para-hydroxylation sites is 1. The highest BCUT2D eigenvalue weighted by atomic mass is 79.9. The predicted molar refractivity (Wildman–Crippen MR) is 158 cm³/mol. The summed E-state index contributed by atoms with van der Waals surface area (Å²) in [5.74, 6) is 0.491.